The molecule has 2 fully saturated rings. The highest BCUT2D eigenvalue weighted by Gasteiger charge is 2.41. The summed E-state index contributed by atoms with van der Waals surface area (Å²) in [6.07, 6.45) is 2.30. The van der Waals surface area contributed by atoms with Gasteiger partial charge in [-0.25, -0.2) is 0 Å². The Labute approximate surface area is 150 Å². The molecule has 3 rings (SSSR count). The van der Waals surface area contributed by atoms with Crippen molar-refractivity contribution in [3.05, 3.63) is 45.6 Å². The lowest BCUT2D eigenvalue weighted by Gasteiger charge is -2.23. The zero-order valence-corrected chi connectivity index (χ0v) is 15.2. The van der Waals surface area contributed by atoms with Crippen molar-refractivity contribution in [3.8, 4) is 0 Å². The third-order valence-corrected chi connectivity index (χ3v) is 5.57. The van der Waals surface area contributed by atoms with E-state index in [9.17, 15) is 4.79 Å². The highest BCUT2D eigenvalue weighted by Crippen LogP contribution is 2.36. The van der Waals surface area contributed by atoms with Crippen molar-refractivity contribution in [1.29, 1.82) is 5.41 Å². The zero-order valence-electron chi connectivity index (χ0n) is 13.6. The summed E-state index contributed by atoms with van der Waals surface area (Å²) in [6, 6.07) is 8.32. The van der Waals surface area contributed by atoms with Gasteiger partial charge in [-0.1, -0.05) is 31.2 Å². The first kappa shape index (κ1) is 17.3. The Kier molecular flexibility index (Phi) is 5.18. The molecule has 3 atom stereocenters. The van der Waals surface area contributed by atoms with E-state index in [2.05, 4.69) is 21.2 Å². The molecule has 0 radical (unpaired) electrons. The molecule has 1 aromatic rings. The summed E-state index contributed by atoms with van der Waals surface area (Å²) in [5, 5.41) is 11.4. The third-order valence-electron chi connectivity index (χ3n) is 4.66. The Balaban J connectivity index is 1.64. The summed E-state index contributed by atoms with van der Waals surface area (Å²) in [5.74, 6) is -0.246. The van der Waals surface area contributed by atoms with Gasteiger partial charge in [-0.15, -0.1) is 0 Å². The van der Waals surface area contributed by atoms with Crippen LogP contribution in [0.2, 0.25) is 0 Å². The highest BCUT2D eigenvalue weighted by molar-refractivity contribution is 9.12. The van der Waals surface area contributed by atoms with E-state index in [4.69, 9.17) is 15.9 Å². The molecule has 2 bridgehead atoms. The van der Waals surface area contributed by atoms with Crippen LogP contribution in [0.25, 0.3) is 0 Å². The number of rotatable bonds is 6. The maximum atomic E-state index is 12.2. The van der Waals surface area contributed by atoms with Gasteiger partial charge in [-0.05, 0) is 39.9 Å². The van der Waals surface area contributed by atoms with Gasteiger partial charge in [0.2, 0.25) is 0 Å². The minimum Gasteiger partial charge on any atom is -0.401 e. The third kappa shape index (κ3) is 3.45. The molecule has 0 amide bonds. The Morgan fingerprint density at radius 1 is 1.42 bits per heavy atom. The molecule has 24 heavy (non-hydrogen) atoms. The largest absolute Gasteiger partial charge is 0.401 e. The van der Waals surface area contributed by atoms with Crippen LogP contribution in [0.1, 0.15) is 37.0 Å². The number of halogens is 1. The van der Waals surface area contributed by atoms with Crippen LogP contribution in [-0.2, 0) is 16.0 Å². The summed E-state index contributed by atoms with van der Waals surface area (Å²) >= 11 is 3.24. The molecule has 0 spiro atoms. The van der Waals surface area contributed by atoms with E-state index in [0.717, 1.165) is 24.1 Å². The zero-order chi connectivity index (χ0) is 17.3. The number of nitrogens with one attached hydrogen (secondary N) is 2. The van der Waals surface area contributed by atoms with Gasteiger partial charge in [-0.2, -0.15) is 0 Å². The van der Waals surface area contributed by atoms with Gasteiger partial charge in [0.25, 0.3) is 0 Å². The van der Waals surface area contributed by atoms with Gasteiger partial charge < -0.3 is 15.8 Å². The van der Waals surface area contributed by atoms with Gasteiger partial charge in [-0.3, -0.25) is 10.2 Å². The first-order chi connectivity index (χ1) is 11.5. The summed E-state index contributed by atoms with van der Waals surface area (Å²) in [6.45, 7) is 2.83. The number of ketones is 1. The Hall–Kier alpha value is -1.50. The number of Topliss-reactive ketones (excluding diaryl/α,β-unsaturated/α-hetero) is 1. The van der Waals surface area contributed by atoms with Crippen LogP contribution in [0.15, 0.2) is 34.4 Å². The average Bonchev–Trinajstić information content (AvgIpc) is 3.23. The maximum Gasteiger partial charge on any atom is 0.186 e. The highest BCUT2D eigenvalue weighted by atomic mass is 79.9. The smallest absolute Gasteiger partial charge is 0.186 e. The van der Waals surface area contributed by atoms with Crippen molar-refractivity contribution < 1.29 is 9.53 Å². The molecule has 2 aliphatic heterocycles. The number of ether oxygens (including phenoxy) is 1. The van der Waals surface area contributed by atoms with E-state index in [0.29, 0.717) is 28.7 Å². The van der Waals surface area contributed by atoms with E-state index >= 15 is 0 Å². The molecule has 0 aliphatic carbocycles. The van der Waals surface area contributed by atoms with Crippen LogP contribution in [0.3, 0.4) is 0 Å². The number of carbonyl (C=O) groups excluding carboxylic acids is 1. The molecule has 1 aromatic carbocycles. The normalized spacial score (nSPS) is 26.3. The van der Waals surface area contributed by atoms with Crippen molar-refractivity contribution in [3.63, 3.8) is 0 Å². The van der Waals surface area contributed by atoms with Crippen LogP contribution in [0, 0.1) is 5.41 Å². The molecule has 128 valence electrons. The molecular weight excluding hydrogens is 370 g/mol. The summed E-state index contributed by atoms with van der Waals surface area (Å²) in [7, 11) is 0. The molecule has 0 aromatic heterocycles. The fraction of sp³-hybridized carbons (Fsp3) is 0.444. The average molecular weight is 392 g/mol. The minimum absolute atomic E-state index is 0.0703. The standard InChI is InChI=1S/C18H22BrN3O2/c1-2-13(20)16(19)17(21)15(23)7-10-3-5-11(6-4-10)18-14-8-12(24-18)9-22-14/h3-6,12,14,18,21-22H,2,7-9,20H2,1H3/t12-,14-,18+/m1/s1. The number of morpholine rings is 1. The molecule has 0 unspecified atom stereocenters. The minimum atomic E-state index is -0.246. The van der Waals surface area contributed by atoms with E-state index in [1.54, 1.807) is 0 Å². The van der Waals surface area contributed by atoms with Crippen LogP contribution in [0.4, 0.5) is 0 Å². The molecule has 2 heterocycles. The van der Waals surface area contributed by atoms with Crippen molar-refractivity contribution >= 4 is 27.4 Å². The second-order valence-electron chi connectivity index (χ2n) is 6.34. The summed E-state index contributed by atoms with van der Waals surface area (Å²) in [4.78, 5) is 12.2. The lowest BCUT2D eigenvalue weighted by atomic mass is 9.99. The van der Waals surface area contributed by atoms with Crippen LogP contribution in [0.5, 0.6) is 0 Å². The lowest BCUT2D eigenvalue weighted by molar-refractivity contribution is -0.112. The van der Waals surface area contributed by atoms with E-state index in [1.807, 2.05) is 31.2 Å². The topological polar surface area (TPSA) is 88.2 Å². The predicted octanol–water partition coefficient (Wildman–Crippen LogP) is 2.59. The predicted molar refractivity (Wildman–Crippen MR) is 97.3 cm³/mol. The Bertz CT molecular complexity index is 684. The van der Waals surface area contributed by atoms with E-state index in [-0.39, 0.29) is 24.0 Å². The Morgan fingerprint density at radius 2 is 2.12 bits per heavy atom. The molecule has 2 aliphatic rings. The van der Waals surface area contributed by atoms with Crippen LogP contribution >= 0.6 is 15.9 Å². The van der Waals surface area contributed by atoms with Crippen molar-refractivity contribution in [1.82, 2.24) is 5.32 Å². The van der Waals surface area contributed by atoms with Crippen molar-refractivity contribution in [2.75, 3.05) is 6.54 Å². The second kappa shape index (κ2) is 7.17. The maximum absolute atomic E-state index is 12.2. The first-order valence-electron chi connectivity index (χ1n) is 8.23. The van der Waals surface area contributed by atoms with E-state index < -0.39 is 0 Å². The first-order valence-corrected chi connectivity index (χ1v) is 9.02. The summed E-state index contributed by atoms with van der Waals surface area (Å²) < 4.78 is 6.38. The molecule has 0 saturated carbocycles. The monoisotopic (exact) mass is 391 g/mol. The number of allylic oxidation sites excluding steroid dienone is 2. The van der Waals surface area contributed by atoms with Gasteiger partial charge in [0.15, 0.2) is 5.78 Å². The molecule has 4 N–H and O–H groups in total. The fourth-order valence-corrected chi connectivity index (χ4v) is 3.72. The lowest BCUT2D eigenvalue weighted by Crippen LogP contribution is -2.33. The quantitative estimate of drug-likeness (QED) is 0.650. The molecule has 5 nitrogen and oxygen atoms in total. The molecular formula is C18H22BrN3O2. The van der Waals surface area contributed by atoms with E-state index in [1.165, 1.54) is 0 Å². The van der Waals surface area contributed by atoms with Gasteiger partial charge in [0, 0.05) is 24.7 Å². The number of hydrogen-bond donors (Lipinski definition) is 3. The number of hydrogen-bond acceptors (Lipinski definition) is 5. The molecule has 6 heteroatoms. The second-order valence-corrected chi connectivity index (χ2v) is 7.13. The number of benzene rings is 1. The van der Waals surface area contributed by atoms with Crippen molar-refractivity contribution in [2.24, 2.45) is 5.73 Å². The SMILES string of the molecule is CCC(N)=C(Br)C(=N)C(=O)Cc1ccc([C@@H]2O[C@H]3CN[C@@H]2C3)cc1. The van der Waals surface area contributed by atoms with Crippen LogP contribution < -0.4 is 11.1 Å². The number of nitrogens with two attached hydrogens (primary N) is 1. The van der Waals surface area contributed by atoms with Gasteiger partial charge in [0.1, 0.15) is 5.71 Å². The Morgan fingerprint density at radius 3 is 2.67 bits per heavy atom. The number of fused-ring (bicyclic) bond motifs is 2. The van der Waals surface area contributed by atoms with Gasteiger partial charge >= 0.3 is 0 Å². The molecule has 2 saturated heterocycles. The van der Waals surface area contributed by atoms with Crippen molar-refractivity contribution in [2.45, 2.75) is 44.4 Å². The number of carbonyl (C=O) groups is 1. The van der Waals surface area contributed by atoms with Crippen LogP contribution in [-0.4, -0.2) is 30.2 Å². The summed E-state index contributed by atoms with van der Waals surface area (Å²) in [5.41, 5.74) is 8.26. The van der Waals surface area contributed by atoms with Gasteiger partial charge in [0.05, 0.1) is 16.7 Å². The fourth-order valence-electron chi connectivity index (χ4n) is 3.22.